The number of benzene rings is 2. The van der Waals surface area contributed by atoms with Crippen molar-refractivity contribution >= 4 is 33.4 Å². The highest BCUT2D eigenvalue weighted by Gasteiger charge is 2.29. The lowest BCUT2D eigenvalue weighted by Crippen LogP contribution is -2.32. The fourth-order valence-electron chi connectivity index (χ4n) is 3.56. The number of amides is 1. The van der Waals surface area contributed by atoms with Gasteiger partial charge in [-0.15, -0.1) is 11.8 Å². The lowest BCUT2D eigenvalue weighted by molar-refractivity contribution is 0.0986. The van der Waals surface area contributed by atoms with E-state index in [1.165, 1.54) is 10.4 Å². The topological polar surface area (TPSA) is 57.7 Å². The molecule has 4 rings (SSSR count). The van der Waals surface area contributed by atoms with E-state index in [0.717, 1.165) is 35.6 Å². The maximum Gasteiger partial charge on any atom is 0.258 e. The van der Waals surface area contributed by atoms with E-state index in [9.17, 15) is 13.2 Å². The van der Waals surface area contributed by atoms with Crippen LogP contribution >= 0.6 is 11.8 Å². The molecular formula is C20H22N2O3S2. The first kappa shape index (κ1) is 18.5. The Morgan fingerprint density at radius 1 is 0.926 bits per heavy atom. The van der Waals surface area contributed by atoms with Crippen molar-refractivity contribution in [2.75, 3.05) is 30.3 Å². The maximum absolute atomic E-state index is 13.2. The third-order valence-corrected chi connectivity index (χ3v) is 8.01. The van der Waals surface area contributed by atoms with Gasteiger partial charge in [0.15, 0.2) is 0 Å². The first-order chi connectivity index (χ1) is 13.1. The second-order valence-electron chi connectivity index (χ2n) is 6.77. The normalized spacial score (nSPS) is 18.1. The van der Waals surface area contributed by atoms with Gasteiger partial charge in [0.2, 0.25) is 10.0 Å². The molecule has 0 aromatic heterocycles. The van der Waals surface area contributed by atoms with Crippen molar-refractivity contribution in [2.45, 2.75) is 29.1 Å². The average Bonchev–Trinajstić information content (AvgIpc) is 3.16. The van der Waals surface area contributed by atoms with Crippen molar-refractivity contribution in [2.24, 2.45) is 0 Å². The summed E-state index contributed by atoms with van der Waals surface area (Å²) in [6.07, 6.45) is 2.68. The minimum atomic E-state index is -3.53. The Bertz CT molecular complexity index is 953. The highest BCUT2D eigenvalue weighted by Crippen LogP contribution is 2.34. The summed E-state index contributed by atoms with van der Waals surface area (Å²) in [5.41, 5.74) is 1.31. The zero-order chi connectivity index (χ0) is 18.9. The fourth-order valence-corrected chi connectivity index (χ4v) is 6.12. The SMILES string of the molecule is O=C(c1cccc(S(=O)(=O)N2CCCC2)c1)N1CCCSc2ccccc21. The molecule has 2 aliphatic rings. The molecule has 27 heavy (non-hydrogen) atoms. The van der Waals surface area contributed by atoms with Gasteiger partial charge in [-0.1, -0.05) is 18.2 Å². The minimum Gasteiger partial charge on any atom is -0.307 e. The van der Waals surface area contributed by atoms with Crippen molar-refractivity contribution in [1.82, 2.24) is 4.31 Å². The number of sulfonamides is 1. The molecule has 1 fully saturated rings. The standard InChI is InChI=1S/C20H22N2O3S2/c23-20(22-13-6-14-26-19-10-2-1-9-18(19)22)16-7-5-8-17(15-16)27(24,25)21-11-3-4-12-21/h1-2,5,7-10,15H,3-4,6,11-14H2. The molecule has 142 valence electrons. The van der Waals surface area contributed by atoms with E-state index in [1.807, 2.05) is 24.3 Å². The molecule has 2 heterocycles. The van der Waals surface area contributed by atoms with Gasteiger partial charge in [-0.3, -0.25) is 4.79 Å². The van der Waals surface area contributed by atoms with E-state index >= 15 is 0 Å². The van der Waals surface area contributed by atoms with E-state index < -0.39 is 10.0 Å². The third kappa shape index (κ3) is 3.63. The van der Waals surface area contributed by atoms with Crippen LogP contribution in [-0.2, 0) is 10.0 Å². The lowest BCUT2D eigenvalue weighted by Gasteiger charge is -2.23. The number of anilines is 1. The summed E-state index contributed by atoms with van der Waals surface area (Å²) in [5, 5.41) is 0. The molecule has 0 spiro atoms. The number of nitrogens with zero attached hydrogens (tertiary/aromatic N) is 2. The van der Waals surface area contributed by atoms with Crippen LogP contribution in [0.3, 0.4) is 0 Å². The number of para-hydroxylation sites is 1. The Morgan fingerprint density at radius 2 is 1.70 bits per heavy atom. The second kappa shape index (κ2) is 7.66. The largest absolute Gasteiger partial charge is 0.307 e. The molecule has 0 aliphatic carbocycles. The molecule has 2 aromatic carbocycles. The smallest absolute Gasteiger partial charge is 0.258 e. The highest BCUT2D eigenvalue weighted by molar-refractivity contribution is 7.99. The summed E-state index contributed by atoms with van der Waals surface area (Å²) in [6, 6.07) is 14.4. The number of carbonyl (C=O) groups is 1. The molecule has 0 N–H and O–H groups in total. The number of fused-ring (bicyclic) bond motifs is 1. The van der Waals surface area contributed by atoms with Crippen LogP contribution in [0.2, 0.25) is 0 Å². The molecule has 1 saturated heterocycles. The number of thioether (sulfide) groups is 1. The molecule has 0 unspecified atom stereocenters. The summed E-state index contributed by atoms with van der Waals surface area (Å²) < 4.78 is 27.2. The van der Waals surface area contributed by atoms with E-state index in [2.05, 4.69) is 0 Å². The molecular weight excluding hydrogens is 380 g/mol. The summed E-state index contributed by atoms with van der Waals surface area (Å²) in [6.45, 7) is 1.74. The van der Waals surface area contributed by atoms with Crippen LogP contribution in [-0.4, -0.2) is 44.0 Å². The summed E-state index contributed by atoms with van der Waals surface area (Å²) in [7, 11) is -3.53. The predicted octanol–water partition coefficient (Wildman–Crippen LogP) is 3.61. The zero-order valence-corrected chi connectivity index (χ0v) is 16.6. The van der Waals surface area contributed by atoms with Gasteiger partial charge in [0, 0.05) is 30.1 Å². The number of hydrogen-bond acceptors (Lipinski definition) is 4. The van der Waals surface area contributed by atoms with Gasteiger partial charge in [0.05, 0.1) is 10.6 Å². The highest BCUT2D eigenvalue weighted by atomic mass is 32.2. The van der Waals surface area contributed by atoms with Crippen LogP contribution in [0, 0.1) is 0 Å². The monoisotopic (exact) mass is 402 g/mol. The van der Waals surface area contributed by atoms with Gasteiger partial charge < -0.3 is 4.90 Å². The van der Waals surface area contributed by atoms with Crippen molar-refractivity contribution in [3.05, 3.63) is 54.1 Å². The second-order valence-corrected chi connectivity index (χ2v) is 9.84. The Morgan fingerprint density at radius 3 is 2.52 bits per heavy atom. The lowest BCUT2D eigenvalue weighted by atomic mass is 10.1. The first-order valence-corrected chi connectivity index (χ1v) is 11.6. The zero-order valence-electron chi connectivity index (χ0n) is 15.0. The molecule has 0 atom stereocenters. The third-order valence-electron chi connectivity index (χ3n) is 4.97. The van der Waals surface area contributed by atoms with Gasteiger partial charge in [0.25, 0.3) is 5.91 Å². The average molecular weight is 403 g/mol. The summed E-state index contributed by atoms with van der Waals surface area (Å²) >= 11 is 1.75. The Labute approximate surface area is 164 Å². The van der Waals surface area contributed by atoms with Crippen molar-refractivity contribution in [3.63, 3.8) is 0 Å². The fraction of sp³-hybridized carbons (Fsp3) is 0.350. The molecule has 2 aliphatic heterocycles. The number of rotatable bonds is 3. The molecule has 0 saturated carbocycles. The number of carbonyl (C=O) groups excluding carboxylic acids is 1. The van der Waals surface area contributed by atoms with Crippen molar-refractivity contribution in [1.29, 1.82) is 0 Å². The quantitative estimate of drug-likeness (QED) is 0.787. The predicted molar refractivity (Wildman–Crippen MR) is 108 cm³/mol. The van der Waals surface area contributed by atoms with Crippen LogP contribution in [0.1, 0.15) is 29.6 Å². The summed E-state index contributed by atoms with van der Waals surface area (Å²) in [5.74, 6) is 0.813. The molecule has 1 amide bonds. The van der Waals surface area contributed by atoms with Crippen LogP contribution < -0.4 is 4.90 Å². The van der Waals surface area contributed by atoms with E-state index in [-0.39, 0.29) is 10.8 Å². The Kier molecular flexibility index (Phi) is 5.25. The van der Waals surface area contributed by atoms with Crippen molar-refractivity contribution in [3.8, 4) is 0 Å². The molecule has 2 aromatic rings. The van der Waals surface area contributed by atoms with Gasteiger partial charge in [-0.2, -0.15) is 4.31 Å². The van der Waals surface area contributed by atoms with Gasteiger partial charge >= 0.3 is 0 Å². The van der Waals surface area contributed by atoms with E-state index in [4.69, 9.17) is 0 Å². The first-order valence-electron chi connectivity index (χ1n) is 9.21. The van der Waals surface area contributed by atoms with Gasteiger partial charge in [-0.05, 0) is 55.3 Å². The van der Waals surface area contributed by atoms with E-state index in [1.54, 1.807) is 34.9 Å². The van der Waals surface area contributed by atoms with E-state index in [0.29, 0.717) is 25.2 Å². The van der Waals surface area contributed by atoms with Crippen LogP contribution in [0.4, 0.5) is 5.69 Å². The molecule has 7 heteroatoms. The summed E-state index contributed by atoms with van der Waals surface area (Å²) in [4.78, 5) is 16.3. The van der Waals surface area contributed by atoms with Crippen molar-refractivity contribution < 1.29 is 13.2 Å². The van der Waals surface area contributed by atoms with Crippen LogP contribution in [0.25, 0.3) is 0 Å². The number of hydrogen-bond donors (Lipinski definition) is 0. The minimum absolute atomic E-state index is 0.150. The maximum atomic E-state index is 13.2. The van der Waals surface area contributed by atoms with Crippen LogP contribution in [0.15, 0.2) is 58.3 Å². The molecule has 5 nitrogen and oxygen atoms in total. The van der Waals surface area contributed by atoms with Gasteiger partial charge in [-0.25, -0.2) is 8.42 Å². The van der Waals surface area contributed by atoms with Crippen LogP contribution in [0.5, 0.6) is 0 Å². The molecule has 0 bridgehead atoms. The molecule has 0 radical (unpaired) electrons. The Balaban J connectivity index is 1.67. The van der Waals surface area contributed by atoms with Gasteiger partial charge in [0.1, 0.15) is 0 Å². The Hall–Kier alpha value is -1.83.